The van der Waals surface area contributed by atoms with Crippen molar-refractivity contribution in [3.63, 3.8) is 0 Å². The van der Waals surface area contributed by atoms with E-state index in [0.717, 1.165) is 5.69 Å². The van der Waals surface area contributed by atoms with Gasteiger partial charge in [0, 0.05) is 24.5 Å². The van der Waals surface area contributed by atoms with Crippen molar-refractivity contribution in [3.8, 4) is 5.69 Å². The zero-order chi connectivity index (χ0) is 18.1. The van der Waals surface area contributed by atoms with E-state index in [2.05, 4.69) is 25.3 Å². The summed E-state index contributed by atoms with van der Waals surface area (Å²) in [5, 5.41) is 3.26. The molecule has 0 amide bonds. The van der Waals surface area contributed by atoms with Crippen molar-refractivity contribution < 1.29 is 4.39 Å². The van der Waals surface area contributed by atoms with Gasteiger partial charge in [0.1, 0.15) is 29.6 Å². The van der Waals surface area contributed by atoms with Crippen LogP contribution in [0.1, 0.15) is 18.8 Å². The summed E-state index contributed by atoms with van der Waals surface area (Å²) in [6, 6.07) is 9.68. The van der Waals surface area contributed by atoms with E-state index < -0.39 is 0 Å². The van der Waals surface area contributed by atoms with E-state index in [4.69, 9.17) is 5.73 Å². The van der Waals surface area contributed by atoms with Crippen molar-refractivity contribution in [3.05, 3.63) is 66.8 Å². The van der Waals surface area contributed by atoms with Crippen LogP contribution in [-0.4, -0.2) is 24.5 Å². The maximum atomic E-state index is 13.8. The van der Waals surface area contributed by atoms with Gasteiger partial charge in [-0.3, -0.25) is 9.55 Å². The van der Waals surface area contributed by atoms with Crippen molar-refractivity contribution >= 4 is 22.7 Å². The van der Waals surface area contributed by atoms with Gasteiger partial charge in [0.25, 0.3) is 0 Å². The zero-order valence-electron chi connectivity index (χ0n) is 14.0. The van der Waals surface area contributed by atoms with Crippen LogP contribution in [-0.2, 0) is 0 Å². The first kappa shape index (κ1) is 15.9. The third-order valence-electron chi connectivity index (χ3n) is 4.00. The molecule has 0 aliphatic rings. The standard InChI is InChI=1S/C18H16FN7/c1-11(24-17-9-16(20)22-10-23-17)18-25-14-3-2-12(19)8-15(14)26(18)13-4-6-21-7-5-13/h2-11H,1H3,(H3,20,22,23,24)/t11-/m1/s1. The Morgan fingerprint density at radius 3 is 2.69 bits per heavy atom. The van der Waals surface area contributed by atoms with Crippen LogP contribution in [0.5, 0.6) is 0 Å². The van der Waals surface area contributed by atoms with Gasteiger partial charge in [-0.1, -0.05) is 0 Å². The Bertz CT molecular complexity index is 1060. The molecule has 0 spiro atoms. The van der Waals surface area contributed by atoms with Crippen LogP contribution in [0.2, 0.25) is 0 Å². The van der Waals surface area contributed by atoms with Crippen molar-refractivity contribution in [2.45, 2.75) is 13.0 Å². The Hall–Kier alpha value is -3.55. The van der Waals surface area contributed by atoms with E-state index in [9.17, 15) is 4.39 Å². The SMILES string of the molecule is C[C@@H](Nc1cc(N)ncn1)c1nc2ccc(F)cc2n1-c1ccncc1. The number of nitrogens with zero attached hydrogens (tertiary/aromatic N) is 5. The molecule has 3 aromatic heterocycles. The summed E-state index contributed by atoms with van der Waals surface area (Å²) in [4.78, 5) is 16.8. The van der Waals surface area contributed by atoms with E-state index >= 15 is 0 Å². The van der Waals surface area contributed by atoms with Crippen LogP contribution in [0, 0.1) is 5.82 Å². The maximum absolute atomic E-state index is 13.8. The molecule has 0 unspecified atom stereocenters. The molecule has 0 bridgehead atoms. The lowest BCUT2D eigenvalue weighted by molar-refractivity contribution is 0.629. The lowest BCUT2D eigenvalue weighted by atomic mass is 10.2. The molecule has 4 rings (SSSR count). The lowest BCUT2D eigenvalue weighted by Crippen LogP contribution is -2.14. The number of hydrogen-bond acceptors (Lipinski definition) is 6. The van der Waals surface area contributed by atoms with Gasteiger partial charge >= 0.3 is 0 Å². The Labute approximate surface area is 148 Å². The molecule has 0 fully saturated rings. The third-order valence-corrected chi connectivity index (χ3v) is 4.00. The first-order valence-corrected chi connectivity index (χ1v) is 8.04. The number of benzene rings is 1. The fraction of sp³-hybridized carbons (Fsp3) is 0.111. The van der Waals surface area contributed by atoms with Gasteiger partial charge in [-0.05, 0) is 31.2 Å². The van der Waals surface area contributed by atoms with Crippen LogP contribution >= 0.6 is 0 Å². The lowest BCUT2D eigenvalue weighted by Gasteiger charge is -2.16. The van der Waals surface area contributed by atoms with Gasteiger partial charge in [0.15, 0.2) is 0 Å². The highest BCUT2D eigenvalue weighted by Gasteiger charge is 2.19. The maximum Gasteiger partial charge on any atom is 0.136 e. The molecule has 0 aliphatic carbocycles. The number of anilines is 2. The predicted octanol–water partition coefficient (Wildman–Crippen LogP) is 3.10. The van der Waals surface area contributed by atoms with Crippen LogP contribution in [0.25, 0.3) is 16.7 Å². The van der Waals surface area contributed by atoms with Crippen molar-refractivity contribution in [1.82, 2.24) is 24.5 Å². The fourth-order valence-electron chi connectivity index (χ4n) is 2.86. The second-order valence-electron chi connectivity index (χ2n) is 5.84. The number of nitrogen functional groups attached to an aromatic ring is 1. The first-order chi connectivity index (χ1) is 12.6. The molecule has 3 heterocycles. The smallest absolute Gasteiger partial charge is 0.136 e. The molecule has 26 heavy (non-hydrogen) atoms. The summed E-state index contributed by atoms with van der Waals surface area (Å²) < 4.78 is 15.7. The number of nitrogens with two attached hydrogens (primary N) is 1. The molecule has 1 aromatic carbocycles. The normalized spacial score (nSPS) is 12.2. The zero-order valence-corrected chi connectivity index (χ0v) is 14.0. The molecule has 4 aromatic rings. The van der Waals surface area contributed by atoms with Gasteiger partial charge in [-0.15, -0.1) is 0 Å². The Balaban J connectivity index is 1.83. The molecule has 0 saturated heterocycles. The van der Waals surface area contributed by atoms with E-state index in [-0.39, 0.29) is 11.9 Å². The Morgan fingerprint density at radius 1 is 1.12 bits per heavy atom. The molecule has 130 valence electrons. The first-order valence-electron chi connectivity index (χ1n) is 8.04. The summed E-state index contributed by atoms with van der Waals surface area (Å²) in [7, 11) is 0. The second kappa shape index (κ2) is 6.40. The minimum atomic E-state index is -0.316. The number of hydrogen-bond donors (Lipinski definition) is 2. The van der Waals surface area contributed by atoms with Gasteiger partial charge in [-0.2, -0.15) is 0 Å². The number of imidazole rings is 1. The summed E-state index contributed by atoms with van der Waals surface area (Å²) in [5.74, 6) is 1.36. The Kier molecular flexibility index (Phi) is 3.92. The van der Waals surface area contributed by atoms with Gasteiger partial charge < -0.3 is 11.1 Å². The summed E-state index contributed by atoms with van der Waals surface area (Å²) in [6.07, 6.45) is 4.77. The van der Waals surface area contributed by atoms with Crippen LogP contribution < -0.4 is 11.1 Å². The third kappa shape index (κ3) is 2.92. The van der Waals surface area contributed by atoms with Crippen LogP contribution in [0.15, 0.2) is 55.1 Å². The second-order valence-corrected chi connectivity index (χ2v) is 5.84. The highest BCUT2D eigenvalue weighted by atomic mass is 19.1. The number of nitrogens with one attached hydrogen (secondary N) is 1. The minimum absolute atomic E-state index is 0.215. The molecular formula is C18H16FN7. The summed E-state index contributed by atoms with van der Waals surface area (Å²) in [6.45, 7) is 1.95. The van der Waals surface area contributed by atoms with Gasteiger partial charge in [0.2, 0.25) is 0 Å². The highest BCUT2D eigenvalue weighted by Crippen LogP contribution is 2.27. The number of rotatable bonds is 4. The van der Waals surface area contributed by atoms with E-state index in [1.807, 2.05) is 23.6 Å². The largest absolute Gasteiger partial charge is 0.384 e. The molecule has 1 atom stereocenters. The molecular weight excluding hydrogens is 333 g/mol. The van der Waals surface area contributed by atoms with Gasteiger partial charge in [-0.25, -0.2) is 19.3 Å². The highest BCUT2D eigenvalue weighted by molar-refractivity contribution is 5.78. The minimum Gasteiger partial charge on any atom is -0.384 e. The number of aromatic nitrogens is 5. The van der Waals surface area contributed by atoms with E-state index in [1.54, 1.807) is 24.5 Å². The van der Waals surface area contributed by atoms with Crippen LogP contribution in [0.4, 0.5) is 16.0 Å². The van der Waals surface area contributed by atoms with Crippen molar-refractivity contribution in [2.24, 2.45) is 0 Å². The van der Waals surface area contributed by atoms with Crippen LogP contribution in [0.3, 0.4) is 0 Å². The van der Waals surface area contributed by atoms with Gasteiger partial charge in [0.05, 0.1) is 22.8 Å². The summed E-state index contributed by atoms with van der Waals surface area (Å²) in [5.41, 5.74) is 7.94. The molecule has 3 N–H and O–H groups in total. The number of halogens is 1. The van der Waals surface area contributed by atoms with Crippen molar-refractivity contribution in [2.75, 3.05) is 11.1 Å². The number of pyridine rings is 1. The molecule has 7 nitrogen and oxygen atoms in total. The molecule has 0 aliphatic heterocycles. The average molecular weight is 349 g/mol. The fourth-order valence-corrected chi connectivity index (χ4v) is 2.86. The monoisotopic (exact) mass is 349 g/mol. The number of fused-ring (bicyclic) bond motifs is 1. The molecule has 8 heteroatoms. The Morgan fingerprint density at radius 2 is 1.92 bits per heavy atom. The van der Waals surface area contributed by atoms with E-state index in [0.29, 0.717) is 28.5 Å². The van der Waals surface area contributed by atoms with E-state index in [1.165, 1.54) is 18.5 Å². The van der Waals surface area contributed by atoms with Crippen molar-refractivity contribution in [1.29, 1.82) is 0 Å². The summed E-state index contributed by atoms with van der Waals surface area (Å²) >= 11 is 0. The molecule has 0 radical (unpaired) electrons. The predicted molar refractivity (Wildman–Crippen MR) is 97.3 cm³/mol. The quantitative estimate of drug-likeness (QED) is 0.588. The molecule has 0 saturated carbocycles. The topological polar surface area (TPSA) is 94.5 Å². The average Bonchev–Trinajstić information content (AvgIpc) is 3.01.